The lowest BCUT2D eigenvalue weighted by atomic mass is 10.3. The van der Waals surface area contributed by atoms with E-state index in [1.807, 2.05) is 10.8 Å². The molecule has 3 rings (SSSR count). The van der Waals surface area contributed by atoms with Crippen molar-refractivity contribution in [1.82, 2.24) is 9.97 Å². The fourth-order valence-corrected chi connectivity index (χ4v) is 3.70. The third-order valence-corrected chi connectivity index (χ3v) is 5.02. The number of anilines is 2. The van der Waals surface area contributed by atoms with Gasteiger partial charge in [-0.1, -0.05) is 12.1 Å². The molecule has 0 saturated heterocycles. The predicted octanol–water partition coefficient (Wildman–Crippen LogP) is 3.88. The van der Waals surface area contributed by atoms with Crippen LogP contribution in [0.1, 0.15) is 0 Å². The highest BCUT2D eigenvalue weighted by molar-refractivity contribution is 8.00. The second kappa shape index (κ2) is 6.30. The number of nitrogens with one attached hydrogen (secondary N) is 1. The number of aromatic nitrogens is 2. The van der Waals surface area contributed by atoms with Gasteiger partial charge in [-0.05, 0) is 18.0 Å². The number of rotatable bonds is 5. The molecule has 0 aliphatic carbocycles. The Morgan fingerprint density at radius 1 is 1.18 bits per heavy atom. The first-order chi connectivity index (χ1) is 10.6. The van der Waals surface area contributed by atoms with Crippen LogP contribution in [0.25, 0.3) is 11.4 Å². The van der Waals surface area contributed by atoms with E-state index < -0.39 is 4.92 Å². The monoisotopic (exact) mass is 351 g/mol. The van der Waals surface area contributed by atoms with Crippen molar-refractivity contribution in [3.63, 3.8) is 0 Å². The number of nitrogens with two attached hydrogens (primary N) is 1. The van der Waals surface area contributed by atoms with E-state index in [9.17, 15) is 10.1 Å². The van der Waals surface area contributed by atoms with Crippen LogP contribution >= 0.6 is 34.6 Å². The molecule has 2 heterocycles. The highest BCUT2D eigenvalue weighted by Crippen LogP contribution is 2.32. The van der Waals surface area contributed by atoms with Crippen molar-refractivity contribution in [3.05, 3.63) is 45.1 Å². The smallest absolute Gasteiger partial charge is 0.284 e. The molecule has 7 nitrogen and oxygen atoms in total. The highest BCUT2D eigenvalue weighted by atomic mass is 32.2. The molecular formula is C12H9N5O2S3. The van der Waals surface area contributed by atoms with Gasteiger partial charge in [-0.3, -0.25) is 10.1 Å². The maximum Gasteiger partial charge on any atom is 0.284 e. The van der Waals surface area contributed by atoms with E-state index in [4.69, 9.17) is 5.73 Å². The van der Waals surface area contributed by atoms with Crippen molar-refractivity contribution < 1.29 is 4.92 Å². The summed E-state index contributed by atoms with van der Waals surface area (Å²) in [5.41, 5.74) is 7.11. The summed E-state index contributed by atoms with van der Waals surface area (Å²) in [7, 11) is 0. The van der Waals surface area contributed by atoms with Crippen molar-refractivity contribution in [2.75, 3.05) is 10.5 Å². The topological polar surface area (TPSA) is 107 Å². The molecule has 1 aromatic carbocycles. The molecule has 0 radical (unpaired) electrons. The number of thiazole rings is 2. The molecule has 0 spiro atoms. The summed E-state index contributed by atoms with van der Waals surface area (Å²) in [6.45, 7) is 0. The van der Waals surface area contributed by atoms with Gasteiger partial charge in [0.1, 0.15) is 16.3 Å². The van der Waals surface area contributed by atoms with Crippen LogP contribution < -0.4 is 10.5 Å². The standard InChI is InChI=1S/C12H9N5O2S3/c13-11-14-7(5-20-11)8-6-21-12(15-8)16-22-10-4-2-1-3-9(10)17(18)19/h1-6H,(H2,13,14)(H,15,16). The molecule has 0 aliphatic heterocycles. The van der Waals surface area contributed by atoms with Crippen LogP contribution in [0.15, 0.2) is 39.9 Å². The number of nitrogens with zero attached hydrogens (tertiary/aromatic N) is 3. The third kappa shape index (κ3) is 3.18. The van der Waals surface area contributed by atoms with Crippen LogP contribution in [0, 0.1) is 10.1 Å². The van der Waals surface area contributed by atoms with Crippen molar-refractivity contribution in [2.45, 2.75) is 4.90 Å². The minimum Gasteiger partial charge on any atom is -0.375 e. The van der Waals surface area contributed by atoms with Gasteiger partial charge in [0.15, 0.2) is 10.3 Å². The SMILES string of the molecule is Nc1nc(-c2csc(NSc3ccccc3[N+](=O)[O-])n2)cs1. The summed E-state index contributed by atoms with van der Waals surface area (Å²) in [5, 5.41) is 15.8. The van der Waals surface area contributed by atoms with Gasteiger partial charge < -0.3 is 10.5 Å². The lowest BCUT2D eigenvalue weighted by Crippen LogP contribution is -1.93. The lowest BCUT2D eigenvalue weighted by Gasteiger charge is -2.02. The first kappa shape index (κ1) is 14.8. The zero-order chi connectivity index (χ0) is 15.5. The van der Waals surface area contributed by atoms with Crippen LogP contribution in [-0.4, -0.2) is 14.9 Å². The minimum atomic E-state index is -0.407. The van der Waals surface area contributed by atoms with E-state index in [0.717, 1.165) is 23.3 Å². The molecule has 0 bridgehead atoms. The van der Waals surface area contributed by atoms with E-state index in [1.54, 1.807) is 18.2 Å². The molecule has 0 fully saturated rings. The molecule has 0 atom stereocenters. The second-order valence-electron chi connectivity index (χ2n) is 4.04. The van der Waals surface area contributed by atoms with Crippen LogP contribution in [0.4, 0.5) is 16.0 Å². The molecule has 0 saturated carbocycles. The quantitative estimate of drug-likeness (QED) is 0.408. The number of nitrogen functional groups attached to an aromatic ring is 1. The van der Waals surface area contributed by atoms with E-state index in [1.165, 1.54) is 28.7 Å². The maximum atomic E-state index is 11.0. The van der Waals surface area contributed by atoms with Crippen molar-refractivity contribution >= 4 is 50.6 Å². The van der Waals surface area contributed by atoms with Crippen LogP contribution in [0.2, 0.25) is 0 Å². The Hall–Kier alpha value is -2.17. The Morgan fingerprint density at radius 2 is 1.91 bits per heavy atom. The van der Waals surface area contributed by atoms with Crippen molar-refractivity contribution in [1.29, 1.82) is 0 Å². The summed E-state index contributed by atoms with van der Waals surface area (Å²) >= 11 is 3.91. The normalized spacial score (nSPS) is 10.5. The van der Waals surface area contributed by atoms with Gasteiger partial charge in [0, 0.05) is 16.8 Å². The number of para-hydroxylation sites is 1. The third-order valence-electron chi connectivity index (χ3n) is 2.60. The molecule has 10 heteroatoms. The molecule has 3 aromatic rings. The van der Waals surface area contributed by atoms with Gasteiger partial charge in [0.05, 0.1) is 4.92 Å². The summed E-state index contributed by atoms with van der Waals surface area (Å²) < 4.78 is 3.02. The summed E-state index contributed by atoms with van der Waals surface area (Å²) in [5.74, 6) is 0. The fourth-order valence-electron chi connectivity index (χ4n) is 1.64. The molecule has 0 aliphatic rings. The lowest BCUT2D eigenvalue weighted by molar-refractivity contribution is -0.387. The van der Waals surface area contributed by atoms with Gasteiger partial charge in [-0.25, -0.2) is 9.97 Å². The Bertz CT molecular complexity index is 816. The Labute approximate surface area is 137 Å². The first-order valence-corrected chi connectivity index (χ1v) is 8.54. The van der Waals surface area contributed by atoms with Gasteiger partial charge in [0.2, 0.25) is 0 Å². The van der Waals surface area contributed by atoms with Crippen LogP contribution in [0.3, 0.4) is 0 Å². The molecule has 3 N–H and O–H groups in total. The summed E-state index contributed by atoms with van der Waals surface area (Å²) in [6.07, 6.45) is 0. The number of nitro benzene ring substituents is 1. The molecule has 112 valence electrons. The number of hydrogen-bond donors (Lipinski definition) is 2. The molecule has 0 amide bonds. The van der Waals surface area contributed by atoms with E-state index >= 15 is 0 Å². The molecule has 0 unspecified atom stereocenters. The van der Waals surface area contributed by atoms with Gasteiger partial charge in [-0.15, -0.1) is 22.7 Å². The van der Waals surface area contributed by atoms with Crippen molar-refractivity contribution in [2.24, 2.45) is 0 Å². The highest BCUT2D eigenvalue weighted by Gasteiger charge is 2.14. The largest absolute Gasteiger partial charge is 0.375 e. The molecule has 22 heavy (non-hydrogen) atoms. The predicted molar refractivity (Wildman–Crippen MR) is 90.2 cm³/mol. The number of benzene rings is 1. The van der Waals surface area contributed by atoms with Crippen LogP contribution in [0.5, 0.6) is 0 Å². The van der Waals surface area contributed by atoms with E-state index in [2.05, 4.69) is 14.7 Å². The van der Waals surface area contributed by atoms with Crippen LogP contribution in [-0.2, 0) is 0 Å². The average Bonchev–Trinajstić information content (AvgIpc) is 3.14. The number of nitro groups is 1. The Morgan fingerprint density at radius 3 is 2.64 bits per heavy atom. The molecular weight excluding hydrogens is 342 g/mol. The van der Waals surface area contributed by atoms with Crippen molar-refractivity contribution in [3.8, 4) is 11.4 Å². The molecule has 2 aromatic heterocycles. The summed E-state index contributed by atoms with van der Waals surface area (Å²) in [4.78, 5) is 19.6. The Balaban J connectivity index is 1.73. The fraction of sp³-hybridized carbons (Fsp3) is 0. The zero-order valence-corrected chi connectivity index (χ0v) is 13.4. The van der Waals surface area contributed by atoms with Gasteiger partial charge in [0.25, 0.3) is 5.69 Å². The average molecular weight is 351 g/mol. The minimum absolute atomic E-state index is 0.0593. The maximum absolute atomic E-state index is 11.0. The van der Waals surface area contributed by atoms with Gasteiger partial charge in [-0.2, -0.15) is 0 Å². The number of hydrogen-bond acceptors (Lipinski definition) is 9. The second-order valence-corrected chi connectivity index (χ2v) is 6.63. The van der Waals surface area contributed by atoms with E-state index in [-0.39, 0.29) is 5.69 Å². The summed E-state index contributed by atoms with van der Waals surface area (Å²) in [6, 6.07) is 6.54. The zero-order valence-electron chi connectivity index (χ0n) is 10.9. The van der Waals surface area contributed by atoms with E-state index in [0.29, 0.717) is 15.2 Å². The first-order valence-electron chi connectivity index (χ1n) is 5.96. The van der Waals surface area contributed by atoms with Gasteiger partial charge >= 0.3 is 0 Å². The Kier molecular flexibility index (Phi) is 4.22.